The second kappa shape index (κ2) is 7.15. The first-order valence-corrected chi connectivity index (χ1v) is 3.95. The van der Waals surface area contributed by atoms with Gasteiger partial charge < -0.3 is 4.74 Å². The van der Waals surface area contributed by atoms with Crippen molar-refractivity contribution in [1.29, 1.82) is 0 Å². The van der Waals surface area contributed by atoms with Gasteiger partial charge in [0.1, 0.15) is 0 Å². The molecule has 0 heterocycles. The second-order valence-electron chi connectivity index (χ2n) is 2.42. The lowest BCUT2D eigenvalue weighted by Gasteiger charge is -1.89. The van der Waals surface area contributed by atoms with Gasteiger partial charge in [-0.2, -0.15) is 8.78 Å². The molecule has 0 atom stereocenters. The van der Waals surface area contributed by atoms with Crippen LogP contribution in [0.1, 0.15) is 17.3 Å². The van der Waals surface area contributed by atoms with Crippen LogP contribution < -0.4 is 0 Å². The summed E-state index contributed by atoms with van der Waals surface area (Å²) in [5.74, 6) is 0.121. The Morgan fingerprint density at radius 2 is 1.71 bits per heavy atom. The van der Waals surface area contributed by atoms with Crippen LogP contribution >= 0.6 is 0 Å². The average molecular weight is 202 g/mol. The van der Waals surface area contributed by atoms with Crippen LogP contribution in [0.2, 0.25) is 0 Å². The van der Waals surface area contributed by atoms with Crippen LogP contribution in [0.3, 0.4) is 0 Å². The zero-order chi connectivity index (χ0) is 11.0. The van der Waals surface area contributed by atoms with Gasteiger partial charge in [-0.05, 0) is 6.92 Å². The van der Waals surface area contributed by atoms with E-state index in [-0.39, 0.29) is 5.78 Å². The first kappa shape index (κ1) is 12.7. The van der Waals surface area contributed by atoms with Crippen molar-refractivity contribution in [2.45, 2.75) is 13.5 Å². The molecule has 0 amide bonds. The number of Topliss-reactive ketones (excluding diaryl/α,β-unsaturated/α-hetero) is 1. The summed E-state index contributed by atoms with van der Waals surface area (Å²) in [5.41, 5.74) is 0.775. The topological polar surface area (TPSA) is 26.3 Å². The van der Waals surface area contributed by atoms with Crippen molar-refractivity contribution in [3.63, 3.8) is 0 Å². The molecule has 0 spiro atoms. The molecule has 1 aromatic rings. The van der Waals surface area contributed by atoms with E-state index in [1.165, 1.54) is 0 Å². The summed E-state index contributed by atoms with van der Waals surface area (Å²) in [6, 6.07) is 9.23. The molecule has 2 nitrogen and oxygen atoms in total. The van der Waals surface area contributed by atoms with E-state index < -0.39 is 6.61 Å². The first-order valence-electron chi connectivity index (χ1n) is 3.95. The summed E-state index contributed by atoms with van der Waals surface area (Å²) < 4.78 is 24.5. The number of alkyl halides is 2. The number of methoxy groups -OCH3 is 1. The summed E-state index contributed by atoms with van der Waals surface area (Å²) in [6.45, 7) is -1.05. The first-order chi connectivity index (χ1) is 6.57. The Morgan fingerprint density at radius 1 is 1.29 bits per heavy atom. The third-order valence-electron chi connectivity index (χ3n) is 1.36. The molecule has 0 radical (unpaired) electrons. The van der Waals surface area contributed by atoms with Gasteiger partial charge in [0.05, 0.1) is 0 Å². The van der Waals surface area contributed by atoms with Gasteiger partial charge in [-0.15, -0.1) is 0 Å². The van der Waals surface area contributed by atoms with E-state index in [1.54, 1.807) is 6.92 Å². The van der Waals surface area contributed by atoms with Gasteiger partial charge in [-0.3, -0.25) is 4.79 Å². The van der Waals surface area contributed by atoms with Crippen molar-refractivity contribution in [2.24, 2.45) is 0 Å². The fourth-order valence-electron chi connectivity index (χ4n) is 0.673. The molecular formula is C10H12F2O2. The summed E-state index contributed by atoms with van der Waals surface area (Å²) in [5, 5.41) is 0. The van der Waals surface area contributed by atoms with Crippen molar-refractivity contribution in [3.8, 4) is 0 Å². The van der Waals surface area contributed by atoms with E-state index >= 15 is 0 Å². The van der Waals surface area contributed by atoms with Crippen molar-refractivity contribution < 1.29 is 18.3 Å². The molecule has 0 aliphatic carbocycles. The molecule has 0 unspecified atom stereocenters. The van der Waals surface area contributed by atoms with Crippen LogP contribution in [0.15, 0.2) is 30.3 Å². The molecule has 78 valence electrons. The number of ether oxygens (including phenoxy) is 1. The molecule has 0 aliphatic rings. The monoisotopic (exact) mass is 202 g/mol. The number of carbonyl (C=O) groups is 1. The smallest absolute Gasteiger partial charge is 0.326 e. The number of hydrogen-bond acceptors (Lipinski definition) is 2. The van der Waals surface area contributed by atoms with Crippen molar-refractivity contribution in [1.82, 2.24) is 0 Å². The zero-order valence-corrected chi connectivity index (χ0v) is 8.04. The number of hydrogen-bond donors (Lipinski definition) is 0. The number of halogens is 2. The Morgan fingerprint density at radius 3 is 1.93 bits per heavy atom. The molecule has 0 bridgehead atoms. The number of carbonyl (C=O) groups excluding carboxylic acids is 1. The minimum absolute atomic E-state index is 0.121. The highest BCUT2D eigenvalue weighted by molar-refractivity contribution is 5.93. The fourth-order valence-corrected chi connectivity index (χ4v) is 0.673. The maximum absolute atomic E-state index is 10.6. The molecule has 0 aromatic heterocycles. The lowest BCUT2D eigenvalue weighted by molar-refractivity contribution is -0.105. The van der Waals surface area contributed by atoms with Crippen LogP contribution in [0.25, 0.3) is 0 Å². The van der Waals surface area contributed by atoms with E-state index in [0.717, 1.165) is 12.7 Å². The summed E-state index contributed by atoms with van der Waals surface area (Å²) in [4.78, 5) is 10.6. The van der Waals surface area contributed by atoms with Gasteiger partial charge in [0, 0.05) is 12.7 Å². The van der Waals surface area contributed by atoms with Gasteiger partial charge in [0.2, 0.25) is 0 Å². The third kappa shape index (κ3) is 6.25. The average Bonchev–Trinajstić information content (AvgIpc) is 2.20. The second-order valence-corrected chi connectivity index (χ2v) is 2.42. The van der Waals surface area contributed by atoms with E-state index in [2.05, 4.69) is 4.74 Å². The fraction of sp³-hybridized carbons (Fsp3) is 0.300. The van der Waals surface area contributed by atoms with E-state index in [1.807, 2.05) is 30.3 Å². The lowest BCUT2D eigenvalue weighted by atomic mass is 10.2. The molecule has 1 rings (SSSR count). The predicted octanol–water partition coefficient (Wildman–Crippen LogP) is 2.74. The number of ketones is 1. The van der Waals surface area contributed by atoms with Gasteiger partial charge in [0.15, 0.2) is 5.78 Å². The minimum atomic E-state index is -2.62. The highest BCUT2D eigenvalue weighted by Gasteiger charge is 1.92. The van der Waals surface area contributed by atoms with Gasteiger partial charge in [0.25, 0.3) is 0 Å². The van der Waals surface area contributed by atoms with Gasteiger partial charge >= 0.3 is 6.61 Å². The third-order valence-corrected chi connectivity index (χ3v) is 1.36. The Balaban J connectivity index is 0.000000292. The lowest BCUT2D eigenvalue weighted by Crippen LogP contribution is -1.89. The Hall–Kier alpha value is -1.29. The van der Waals surface area contributed by atoms with Crippen LogP contribution in [0.5, 0.6) is 0 Å². The van der Waals surface area contributed by atoms with Gasteiger partial charge in [-0.25, -0.2) is 0 Å². The van der Waals surface area contributed by atoms with Crippen LogP contribution in [-0.4, -0.2) is 19.5 Å². The number of rotatable bonds is 2. The molecule has 0 saturated carbocycles. The van der Waals surface area contributed by atoms with Crippen molar-refractivity contribution in [3.05, 3.63) is 35.9 Å². The summed E-state index contributed by atoms with van der Waals surface area (Å²) >= 11 is 0. The van der Waals surface area contributed by atoms with Crippen molar-refractivity contribution >= 4 is 5.78 Å². The summed E-state index contributed by atoms with van der Waals surface area (Å²) in [7, 11) is 0.949. The molecule has 0 saturated heterocycles. The van der Waals surface area contributed by atoms with Crippen LogP contribution in [0, 0.1) is 0 Å². The summed E-state index contributed by atoms with van der Waals surface area (Å²) in [6.07, 6.45) is 0. The minimum Gasteiger partial charge on any atom is -0.326 e. The molecule has 0 aliphatic heterocycles. The largest absolute Gasteiger partial charge is 0.345 e. The SMILES string of the molecule is CC(=O)c1ccccc1.COC(F)F. The Kier molecular flexibility index (Phi) is 6.49. The highest BCUT2D eigenvalue weighted by atomic mass is 19.3. The van der Waals surface area contributed by atoms with E-state index in [9.17, 15) is 13.6 Å². The maximum atomic E-state index is 10.6. The van der Waals surface area contributed by atoms with E-state index in [4.69, 9.17) is 0 Å². The molecule has 0 fully saturated rings. The Bertz CT molecular complexity index is 260. The quantitative estimate of drug-likeness (QED) is 0.689. The molecule has 4 heteroatoms. The van der Waals surface area contributed by atoms with Crippen LogP contribution in [0.4, 0.5) is 8.78 Å². The van der Waals surface area contributed by atoms with Crippen LogP contribution in [-0.2, 0) is 4.74 Å². The predicted molar refractivity (Wildman–Crippen MR) is 49.5 cm³/mol. The Labute approximate surface area is 81.5 Å². The van der Waals surface area contributed by atoms with Crippen molar-refractivity contribution in [2.75, 3.05) is 7.11 Å². The van der Waals surface area contributed by atoms with Gasteiger partial charge in [-0.1, -0.05) is 30.3 Å². The normalized spacial score (nSPS) is 9.21. The molecule has 14 heavy (non-hydrogen) atoms. The molecule has 1 aromatic carbocycles. The molecular weight excluding hydrogens is 190 g/mol. The van der Waals surface area contributed by atoms with E-state index in [0.29, 0.717) is 0 Å². The molecule has 0 N–H and O–H groups in total. The maximum Gasteiger partial charge on any atom is 0.345 e. The number of benzene rings is 1. The highest BCUT2D eigenvalue weighted by Crippen LogP contribution is 1.97. The zero-order valence-electron chi connectivity index (χ0n) is 8.04. The standard InChI is InChI=1S/C8H8O.C2H4F2O/c1-7(9)8-5-3-2-4-6-8;1-5-2(3)4/h2-6H,1H3;2H,1H3.